The minimum Gasteiger partial charge on any atom is -0.481 e. The van der Waals surface area contributed by atoms with Crippen molar-refractivity contribution >= 4 is 33.7 Å². The van der Waals surface area contributed by atoms with E-state index in [0.29, 0.717) is 5.56 Å². The van der Waals surface area contributed by atoms with Crippen molar-refractivity contribution in [2.24, 2.45) is 0 Å². The maximum absolute atomic E-state index is 11.1. The molecule has 0 radical (unpaired) electrons. The summed E-state index contributed by atoms with van der Waals surface area (Å²) in [6, 6.07) is 5.53. The van der Waals surface area contributed by atoms with Crippen LogP contribution in [-0.2, 0) is 16.0 Å². The Hall–Kier alpha value is -1.75. The number of rotatable bonds is 3. The number of carboxylic acid groups (broad SMARTS) is 1. The van der Waals surface area contributed by atoms with Gasteiger partial charge in [-0.3, -0.25) is 9.59 Å². The number of nitrogens with one attached hydrogen (secondary N) is 1. The molecule has 0 amide bonds. The predicted octanol–water partition coefficient (Wildman–Crippen LogP) is 2.43. The van der Waals surface area contributed by atoms with Crippen molar-refractivity contribution in [2.75, 3.05) is 0 Å². The van der Waals surface area contributed by atoms with Crippen LogP contribution >= 0.6 is 11.8 Å². The largest absolute Gasteiger partial charge is 0.481 e. The number of aromatic nitrogens is 1. The number of carbonyl (C=O) groups is 2. The molecule has 0 spiro atoms. The first-order chi connectivity index (χ1) is 8.08. The lowest BCUT2D eigenvalue weighted by Gasteiger charge is -2.02. The molecule has 1 aromatic heterocycles. The molecule has 0 aliphatic carbocycles. The van der Waals surface area contributed by atoms with E-state index in [4.69, 9.17) is 5.11 Å². The Morgan fingerprint density at radius 3 is 2.82 bits per heavy atom. The first-order valence-corrected chi connectivity index (χ1v) is 5.89. The number of H-pyrrole nitrogens is 1. The smallest absolute Gasteiger partial charge is 0.307 e. The van der Waals surface area contributed by atoms with Gasteiger partial charge in [0.05, 0.1) is 6.42 Å². The van der Waals surface area contributed by atoms with E-state index >= 15 is 0 Å². The number of thioether (sulfide) groups is 1. The maximum atomic E-state index is 11.1. The summed E-state index contributed by atoms with van der Waals surface area (Å²) in [6.07, 6.45) is 1.64. The third-order valence-corrected chi connectivity index (χ3v) is 3.19. The number of benzene rings is 1. The Balaban J connectivity index is 2.54. The van der Waals surface area contributed by atoms with E-state index in [9.17, 15) is 9.59 Å². The van der Waals surface area contributed by atoms with E-state index in [1.54, 1.807) is 6.20 Å². The number of carbonyl (C=O) groups excluding carboxylic acids is 1. The molecule has 2 N–H and O–H groups in total. The van der Waals surface area contributed by atoms with Gasteiger partial charge in [0.2, 0.25) is 0 Å². The summed E-state index contributed by atoms with van der Waals surface area (Å²) >= 11 is 1.12. The van der Waals surface area contributed by atoms with Crippen LogP contribution in [0, 0.1) is 0 Å². The van der Waals surface area contributed by atoms with Crippen LogP contribution < -0.4 is 0 Å². The van der Waals surface area contributed by atoms with Crippen LogP contribution in [0.1, 0.15) is 12.5 Å². The van der Waals surface area contributed by atoms with Crippen molar-refractivity contribution in [1.29, 1.82) is 0 Å². The molecule has 0 unspecified atom stereocenters. The highest BCUT2D eigenvalue weighted by Crippen LogP contribution is 2.31. The SMILES string of the molecule is CC(=O)Sc1cccc2[nH]cc(CC(=O)O)c12. The topological polar surface area (TPSA) is 70.2 Å². The number of hydrogen-bond donors (Lipinski definition) is 2. The zero-order valence-corrected chi connectivity index (χ0v) is 10.0. The quantitative estimate of drug-likeness (QED) is 0.820. The summed E-state index contributed by atoms with van der Waals surface area (Å²) in [4.78, 5) is 25.7. The van der Waals surface area contributed by atoms with Gasteiger partial charge in [0.25, 0.3) is 0 Å². The Morgan fingerprint density at radius 2 is 2.18 bits per heavy atom. The van der Waals surface area contributed by atoms with E-state index in [1.807, 2.05) is 18.2 Å². The highest BCUT2D eigenvalue weighted by Gasteiger charge is 2.12. The molecule has 0 aliphatic rings. The van der Waals surface area contributed by atoms with Gasteiger partial charge in [-0.2, -0.15) is 0 Å². The minimum absolute atomic E-state index is 0.0139. The van der Waals surface area contributed by atoms with Crippen molar-refractivity contribution in [3.05, 3.63) is 30.0 Å². The molecular weight excluding hydrogens is 238 g/mol. The Bertz CT molecular complexity index is 588. The van der Waals surface area contributed by atoms with Gasteiger partial charge in [-0.1, -0.05) is 17.8 Å². The van der Waals surface area contributed by atoms with E-state index in [2.05, 4.69) is 4.98 Å². The molecule has 17 heavy (non-hydrogen) atoms. The predicted molar refractivity (Wildman–Crippen MR) is 66.2 cm³/mol. The lowest BCUT2D eigenvalue weighted by Crippen LogP contribution is -1.99. The monoisotopic (exact) mass is 249 g/mol. The van der Waals surface area contributed by atoms with Crippen molar-refractivity contribution < 1.29 is 14.7 Å². The van der Waals surface area contributed by atoms with Crippen LogP contribution in [-0.4, -0.2) is 21.2 Å². The highest BCUT2D eigenvalue weighted by atomic mass is 32.2. The first-order valence-electron chi connectivity index (χ1n) is 5.07. The Labute approximate surface area is 102 Å². The van der Waals surface area contributed by atoms with E-state index < -0.39 is 5.97 Å². The zero-order valence-electron chi connectivity index (χ0n) is 9.19. The molecular formula is C12H11NO3S. The second kappa shape index (κ2) is 4.63. The second-order valence-corrected chi connectivity index (χ2v) is 4.88. The average Bonchev–Trinajstić information content (AvgIpc) is 2.61. The fourth-order valence-corrected chi connectivity index (χ4v) is 2.56. The van der Waals surface area contributed by atoms with Gasteiger partial charge in [0.1, 0.15) is 0 Å². The standard InChI is InChI=1S/C12H11NO3S/c1-7(14)17-10-4-2-3-9-12(10)8(6-13-9)5-11(15)16/h2-4,6,13H,5H2,1H3,(H,15,16). The lowest BCUT2D eigenvalue weighted by molar-refractivity contribution is -0.136. The maximum Gasteiger partial charge on any atom is 0.307 e. The van der Waals surface area contributed by atoms with Crippen LogP contribution in [0.3, 0.4) is 0 Å². The van der Waals surface area contributed by atoms with Gasteiger partial charge >= 0.3 is 5.97 Å². The highest BCUT2D eigenvalue weighted by molar-refractivity contribution is 8.13. The molecule has 0 saturated heterocycles. The van der Waals surface area contributed by atoms with Gasteiger partial charge in [-0.15, -0.1) is 0 Å². The fraction of sp³-hybridized carbons (Fsp3) is 0.167. The molecule has 0 aliphatic heterocycles. The molecule has 0 fully saturated rings. The lowest BCUT2D eigenvalue weighted by atomic mass is 10.1. The molecule has 1 heterocycles. The van der Waals surface area contributed by atoms with E-state index in [-0.39, 0.29) is 11.5 Å². The molecule has 0 bridgehead atoms. The van der Waals surface area contributed by atoms with Gasteiger partial charge in [-0.25, -0.2) is 0 Å². The summed E-state index contributed by atoms with van der Waals surface area (Å²) in [5, 5.41) is 9.64. The molecule has 5 heteroatoms. The van der Waals surface area contributed by atoms with Crippen molar-refractivity contribution in [1.82, 2.24) is 4.98 Å². The molecule has 1 aromatic carbocycles. The summed E-state index contributed by atoms with van der Waals surface area (Å²) in [5.41, 5.74) is 1.56. The third-order valence-electron chi connectivity index (χ3n) is 2.34. The van der Waals surface area contributed by atoms with Crippen LogP contribution in [0.5, 0.6) is 0 Å². The molecule has 2 rings (SSSR count). The molecule has 0 atom stereocenters. The third kappa shape index (κ3) is 2.50. The minimum atomic E-state index is -0.881. The number of hydrogen-bond acceptors (Lipinski definition) is 3. The first kappa shape index (κ1) is 11.7. The van der Waals surface area contributed by atoms with Crippen molar-refractivity contribution in [3.8, 4) is 0 Å². The normalized spacial score (nSPS) is 10.6. The number of fused-ring (bicyclic) bond motifs is 1. The fourth-order valence-electron chi connectivity index (χ4n) is 1.76. The van der Waals surface area contributed by atoms with Gasteiger partial charge in [-0.05, 0) is 17.7 Å². The van der Waals surface area contributed by atoms with Gasteiger partial charge < -0.3 is 10.1 Å². The molecule has 2 aromatic rings. The van der Waals surface area contributed by atoms with Crippen LogP contribution in [0.25, 0.3) is 10.9 Å². The average molecular weight is 249 g/mol. The molecule has 88 valence electrons. The zero-order chi connectivity index (χ0) is 12.4. The summed E-state index contributed by atoms with van der Waals surface area (Å²) in [7, 11) is 0. The van der Waals surface area contributed by atoms with Crippen molar-refractivity contribution in [2.45, 2.75) is 18.2 Å². The van der Waals surface area contributed by atoms with Gasteiger partial charge in [0.15, 0.2) is 5.12 Å². The summed E-state index contributed by atoms with van der Waals surface area (Å²) < 4.78 is 0. The second-order valence-electron chi connectivity index (χ2n) is 3.66. The molecule has 0 saturated carbocycles. The van der Waals surface area contributed by atoms with E-state index in [1.165, 1.54) is 6.92 Å². The molecule has 4 nitrogen and oxygen atoms in total. The van der Waals surface area contributed by atoms with Crippen molar-refractivity contribution in [3.63, 3.8) is 0 Å². The van der Waals surface area contributed by atoms with Crippen LogP contribution in [0.2, 0.25) is 0 Å². The number of carboxylic acids is 1. The van der Waals surface area contributed by atoms with E-state index in [0.717, 1.165) is 27.6 Å². The summed E-state index contributed by atoms with van der Waals surface area (Å²) in [6.45, 7) is 1.49. The number of aliphatic carboxylic acids is 1. The number of aromatic amines is 1. The summed E-state index contributed by atoms with van der Waals surface area (Å²) in [5.74, 6) is -0.881. The Kier molecular flexibility index (Phi) is 3.19. The van der Waals surface area contributed by atoms with Crippen LogP contribution in [0.4, 0.5) is 0 Å². The Morgan fingerprint density at radius 1 is 1.41 bits per heavy atom. The van der Waals surface area contributed by atoms with Crippen LogP contribution in [0.15, 0.2) is 29.3 Å². The van der Waals surface area contributed by atoms with Gasteiger partial charge in [0, 0.05) is 28.9 Å².